The van der Waals surface area contributed by atoms with Gasteiger partial charge in [0.2, 0.25) is 0 Å². The summed E-state index contributed by atoms with van der Waals surface area (Å²) in [5, 5.41) is 0. The van der Waals surface area contributed by atoms with Crippen LogP contribution in [0.25, 0.3) is 0 Å². The molecule has 0 aliphatic carbocycles. The average molecular weight is 184 g/mol. The van der Waals surface area contributed by atoms with Gasteiger partial charge < -0.3 is 9.47 Å². The third-order valence-electron chi connectivity index (χ3n) is 1.74. The highest BCUT2D eigenvalue weighted by Crippen LogP contribution is 2.11. The van der Waals surface area contributed by atoms with E-state index in [-0.39, 0.29) is 6.61 Å². The number of hydrogen-bond donors (Lipinski definition) is 0. The lowest BCUT2D eigenvalue weighted by Crippen LogP contribution is -2.37. The molecular formula is C9H12O4. The highest BCUT2D eigenvalue weighted by atomic mass is 16.6. The lowest BCUT2D eigenvalue weighted by atomic mass is 10.1. The summed E-state index contributed by atoms with van der Waals surface area (Å²) in [4.78, 5) is 21.7. The zero-order valence-corrected chi connectivity index (χ0v) is 7.32. The summed E-state index contributed by atoms with van der Waals surface area (Å²) in [7, 11) is 0. The second-order valence-corrected chi connectivity index (χ2v) is 2.81. The number of hydrogen-bond acceptors (Lipinski definition) is 4. The van der Waals surface area contributed by atoms with Crippen LogP contribution < -0.4 is 0 Å². The Bertz CT molecular complexity index is 222. The lowest BCUT2D eigenvalue weighted by molar-refractivity contribution is -0.185. The summed E-state index contributed by atoms with van der Waals surface area (Å²) in [6.07, 6.45) is 3.14. The van der Waals surface area contributed by atoms with Crippen molar-refractivity contribution in [2.24, 2.45) is 0 Å². The first-order valence-electron chi connectivity index (χ1n) is 4.21. The molecule has 0 aromatic heterocycles. The van der Waals surface area contributed by atoms with Crippen LogP contribution in [0.4, 0.5) is 0 Å². The fourth-order valence-electron chi connectivity index (χ4n) is 1.09. The number of esters is 2. The number of rotatable bonds is 4. The van der Waals surface area contributed by atoms with Crippen LogP contribution in [0.5, 0.6) is 0 Å². The topological polar surface area (TPSA) is 52.6 Å². The molecule has 13 heavy (non-hydrogen) atoms. The van der Waals surface area contributed by atoms with Gasteiger partial charge in [0.15, 0.2) is 12.7 Å². The molecule has 0 saturated carbocycles. The van der Waals surface area contributed by atoms with Crippen LogP contribution in [0.15, 0.2) is 12.7 Å². The monoisotopic (exact) mass is 184 g/mol. The average Bonchev–Trinajstić information content (AvgIpc) is 2.11. The fourth-order valence-corrected chi connectivity index (χ4v) is 1.09. The highest BCUT2D eigenvalue weighted by molar-refractivity contribution is 5.85. The summed E-state index contributed by atoms with van der Waals surface area (Å²) < 4.78 is 9.39. The van der Waals surface area contributed by atoms with E-state index in [0.717, 1.165) is 12.8 Å². The molecule has 72 valence electrons. The summed E-state index contributed by atoms with van der Waals surface area (Å²) in [5.74, 6) is -0.910. The van der Waals surface area contributed by atoms with E-state index in [9.17, 15) is 9.59 Å². The molecule has 1 unspecified atom stereocenters. The quantitative estimate of drug-likeness (QED) is 0.368. The van der Waals surface area contributed by atoms with Gasteiger partial charge in [0.25, 0.3) is 0 Å². The molecule has 1 heterocycles. The van der Waals surface area contributed by atoms with Crippen LogP contribution in [0.2, 0.25) is 0 Å². The maximum absolute atomic E-state index is 11.0. The minimum Gasteiger partial charge on any atom is -0.451 e. The number of ether oxygens (including phenoxy) is 2. The van der Waals surface area contributed by atoms with E-state index in [2.05, 4.69) is 11.3 Å². The minimum atomic E-state index is -0.707. The van der Waals surface area contributed by atoms with Gasteiger partial charge in [0.1, 0.15) is 0 Å². The number of carbonyl (C=O) groups is 2. The SMILES string of the molecule is C=CCCCC1OC(=O)COC1=O. The molecule has 1 aliphatic rings. The summed E-state index contributed by atoms with van der Waals surface area (Å²) in [5.41, 5.74) is 0. The minimum absolute atomic E-state index is 0.253. The van der Waals surface area contributed by atoms with Crippen molar-refractivity contribution in [1.29, 1.82) is 0 Å². The van der Waals surface area contributed by atoms with E-state index < -0.39 is 18.0 Å². The molecule has 0 aromatic rings. The first kappa shape index (κ1) is 9.77. The van der Waals surface area contributed by atoms with Gasteiger partial charge >= 0.3 is 11.9 Å². The molecule has 1 aliphatic heterocycles. The van der Waals surface area contributed by atoms with Crippen LogP contribution in [-0.2, 0) is 19.1 Å². The van der Waals surface area contributed by atoms with Crippen molar-refractivity contribution >= 4 is 11.9 Å². The Hall–Kier alpha value is -1.32. The number of allylic oxidation sites excluding steroid dienone is 1. The van der Waals surface area contributed by atoms with Crippen molar-refractivity contribution < 1.29 is 19.1 Å². The zero-order chi connectivity index (χ0) is 9.68. The van der Waals surface area contributed by atoms with Crippen molar-refractivity contribution in [3.05, 3.63) is 12.7 Å². The van der Waals surface area contributed by atoms with Gasteiger partial charge in [-0.3, -0.25) is 0 Å². The number of cyclic esters (lactones) is 2. The van der Waals surface area contributed by atoms with Gasteiger partial charge in [-0.05, 0) is 19.3 Å². The maximum Gasteiger partial charge on any atom is 0.348 e. The van der Waals surface area contributed by atoms with E-state index in [1.807, 2.05) is 0 Å². The van der Waals surface area contributed by atoms with Crippen LogP contribution >= 0.6 is 0 Å². The smallest absolute Gasteiger partial charge is 0.348 e. The zero-order valence-electron chi connectivity index (χ0n) is 7.32. The van der Waals surface area contributed by atoms with Crippen molar-refractivity contribution in [3.63, 3.8) is 0 Å². The molecule has 1 atom stereocenters. The summed E-state index contributed by atoms with van der Waals surface area (Å²) in [6.45, 7) is 3.30. The standard InChI is InChI=1S/C9H12O4/c1-2-3-4-5-7-9(11)12-6-8(10)13-7/h2,7H,1,3-6H2. The highest BCUT2D eigenvalue weighted by Gasteiger charge is 2.29. The Morgan fingerprint density at radius 1 is 1.54 bits per heavy atom. The van der Waals surface area contributed by atoms with Gasteiger partial charge in [0, 0.05) is 0 Å². The predicted molar refractivity (Wildman–Crippen MR) is 44.9 cm³/mol. The van der Waals surface area contributed by atoms with E-state index in [1.165, 1.54) is 0 Å². The number of unbranched alkanes of at least 4 members (excludes halogenated alkanes) is 1. The van der Waals surface area contributed by atoms with Crippen molar-refractivity contribution in [3.8, 4) is 0 Å². The molecule has 0 aromatic carbocycles. The second kappa shape index (κ2) is 4.64. The van der Waals surface area contributed by atoms with E-state index in [1.54, 1.807) is 6.08 Å². The molecule has 0 radical (unpaired) electrons. The van der Waals surface area contributed by atoms with E-state index in [0.29, 0.717) is 6.42 Å². The van der Waals surface area contributed by atoms with Gasteiger partial charge in [-0.2, -0.15) is 0 Å². The summed E-state index contributed by atoms with van der Waals surface area (Å²) >= 11 is 0. The van der Waals surface area contributed by atoms with Crippen molar-refractivity contribution in [2.75, 3.05) is 6.61 Å². The molecule has 0 amide bonds. The first-order valence-corrected chi connectivity index (χ1v) is 4.21. The largest absolute Gasteiger partial charge is 0.451 e. The molecule has 1 fully saturated rings. The van der Waals surface area contributed by atoms with Gasteiger partial charge in [-0.25, -0.2) is 9.59 Å². The third kappa shape index (κ3) is 2.89. The fraction of sp³-hybridized carbons (Fsp3) is 0.556. The number of carbonyl (C=O) groups excluding carboxylic acids is 2. The Morgan fingerprint density at radius 3 is 3.00 bits per heavy atom. The van der Waals surface area contributed by atoms with Crippen LogP contribution in [0, 0.1) is 0 Å². The van der Waals surface area contributed by atoms with Crippen molar-refractivity contribution in [2.45, 2.75) is 25.4 Å². The normalized spacial score (nSPS) is 22.0. The molecule has 1 rings (SSSR count). The Balaban J connectivity index is 2.33. The molecule has 4 nitrogen and oxygen atoms in total. The molecular weight excluding hydrogens is 172 g/mol. The predicted octanol–water partition coefficient (Wildman–Crippen LogP) is 0.811. The van der Waals surface area contributed by atoms with Gasteiger partial charge in [-0.15, -0.1) is 6.58 Å². The first-order chi connectivity index (χ1) is 6.24. The molecule has 0 bridgehead atoms. The second-order valence-electron chi connectivity index (χ2n) is 2.81. The maximum atomic E-state index is 11.0. The molecule has 4 heteroatoms. The van der Waals surface area contributed by atoms with E-state index >= 15 is 0 Å². The van der Waals surface area contributed by atoms with Crippen LogP contribution in [0.1, 0.15) is 19.3 Å². The summed E-state index contributed by atoms with van der Waals surface area (Å²) in [6, 6.07) is 0. The van der Waals surface area contributed by atoms with Crippen molar-refractivity contribution in [1.82, 2.24) is 0 Å². The van der Waals surface area contributed by atoms with Gasteiger partial charge in [0.05, 0.1) is 0 Å². The molecule has 0 spiro atoms. The Labute approximate surface area is 76.5 Å². The van der Waals surface area contributed by atoms with Crippen LogP contribution in [0.3, 0.4) is 0 Å². The van der Waals surface area contributed by atoms with E-state index in [4.69, 9.17) is 4.74 Å². The molecule has 1 saturated heterocycles. The van der Waals surface area contributed by atoms with Gasteiger partial charge in [-0.1, -0.05) is 6.08 Å². The Kier molecular flexibility index (Phi) is 3.49. The Morgan fingerprint density at radius 2 is 2.31 bits per heavy atom. The lowest BCUT2D eigenvalue weighted by Gasteiger charge is -2.20. The third-order valence-corrected chi connectivity index (χ3v) is 1.74. The van der Waals surface area contributed by atoms with Crippen LogP contribution in [-0.4, -0.2) is 24.6 Å². The molecule has 0 N–H and O–H groups in total.